The Morgan fingerprint density at radius 2 is 1.55 bits per heavy atom. The lowest BCUT2D eigenvalue weighted by Gasteiger charge is -2.42. The van der Waals surface area contributed by atoms with Gasteiger partial charge in [0.25, 0.3) is 0 Å². The molecule has 0 radical (unpaired) electrons. The first-order valence-corrected chi connectivity index (χ1v) is 10.3. The summed E-state index contributed by atoms with van der Waals surface area (Å²) in [7, 11) is 0. The van der Waals surface area contributed by atoms with Crippen molar-refractivity contribution in [2.75, 3.05) is 13.1 Å². The van der Waals surface area contributed by atoms with E-state index < -0.39 is 60.9 Å². The zero-order chi connectivity index (χ0) is 21.1. The number of carbonyl (C=O) groups is 2. The maximum Gasteiger partial charge on any atom is 0.410 e. The van der Waals surface area contributed by atoms with Gasteiger partial charge in [0.1, 0.15) is 24.4 Å². The second-order valence-corrected chi connectivity index (χ2v) is 8.16. The average Bonchev–Trinajstić information content (AvgIpc) is 2.71. The minimum atomic E-state index is -1.41. The van der Waals surface area contributed by atoms with Crippen LogP contribution < -0.4 is 0 Å². The van der Waals surface area contributed by atoms with Gasteiger partial charge in [-0.25, -0.2) is 4.79 Å². The third kappa shape index (κ3) is 5.18. The van der Waals surface area contributed by atoms with Gasteiger partial charge in [-0.05, 0) is 39.0 Å². The van der Waals surface area contributed by atoms with Crippen molar-refractivity contribution in [3.05, 3.63) is 0 Å². The monoisotopic (exact) mass is 417 g/mol. The first-order chi connectivity index (χ1) is 13.8. The molecule has 1 amide bonds. The number of aliphatic hydroxyl groups is 3. The fraction of sp³-hybridized carbons (Fsp3) is 0.895. The number of hydrogen-bond acceptors (Lipinski definition) is 8. The molecule has 0 spiro atoms. The third-order valence-corrected chi connectivity index (χ3v) is 6.11. The van der Waals surface area contributed by atoms with E-state index in [-0.39, 0.29) is 0 Å². The normalized spacial score (nSPS) is 39.2. The van der Waals surface area contributed by atoms with E-state index in [1.807, 2.05) is 0 Å². The Morgan fingerprint density at radius 1 is 0.931 bits per heavy atom. The number of carboxylic acid groups (broad SMARTS) is 1. The lowest BCUT2D eigenvalue weighted by molar-refractivity contribution is -0.312. The zero-order valence-corrected chi connectivity index (χ0v) is 16.6. The first kappa shape index (κ1) is 22.2. The lowest BCUT2D eigenvalue weighted by Crippen LogP contribution is -2.58. The average molecular weight is 417 g/mol. The van der Waals surface area contributed by atoms with Crippen molar-refractivity contribution in [3.63, 3.8) is 0 Å². The van der Waals surface area contributed by atoms with Crippen LogP contribution in [0.2, 0.25) is 0 Å². The van der Waals surface area contributed by atoms with Crippen molar-refractivity contribution >= 4 is 12.1 Å². The van der Waals surface area contributed by atoms with Crippen LogP contribution in [0, 0.1) is 5.92 Å². The summed E-state index contributed by atoms with van der Waals surface area (Å²) in [6.45, 7) is 2.25. The molecule has 2 heterocycles. The first-order valence-electron chi connectivity index (χ1n) is 10.3. The van der Waals surface area contributed by atoms with Crippen molar-refractivity contribution in [2.24, 2.45) is 5.92 Å². The van der Waals surface area contributed by atoms with Gasteiger partial charge in [0.05, 0.1) is 18.1 Å². The Morgan fingerprint density at radius 3 is 2.17 bits per heavy atom. The van der Waals surface area contributed by atoms with Crippen LogP contribution in [0.1, 0.15) is 45.4 Å². The van der Waals surface area contributed by atoms with Crippen molar-refractivity contribution in [1.82, 2.24) is 4.90 Å². The molecule has 1 aliphatic carbocycles. The van der Waals surface area contributed by atoms with Gasteiger partial charge in [-0.2, -0.15) is 0 Å². The van der Waals surface area contributed by atoms with E-state index in [0.29, 0.717) is 38.8 Å². The highest BCUT2D eigenvalue weighted by Crippen LogP contribution is 2.30. The Balaban J connectivity index is 1.56. The van der Waals surface area contributed by atoms with Crippen LogP contribution in [0.15, 0.2) is 0 Å². The molecule has 4 N–H and O–H groups in total. The number of carboxylic acids is 1. The summed E-state index contributed by atoms with van der Waals surface area (Å²) >= 11 is 0. The molecular weight excluding hydrogens is 386 g/mol. The number of likely N-dealkylation sites (tertiary alicyclic amines) is 1. The van der Waals surface area contributed by atoms with Crippen molar-refractivity contribution < 1.29 is 44.2 Å². The van der Waals surface area contributed by atoms with Crippen LogP contribution in [0.3, 0.4) is 0 Å². The van der Waals surface area contributed by atoms with Crippen LogP contribution in [-0.2, 0) is 19.0 Å². The van der Waals surface area contributed by atoms with E-state index in [2.05, 4.69) is 0 Å². The van der Waals surface area contributed by atoms with Gasteiger partial charge in [-0.15, -0.1) is 0 Å². The number of aliphatic hydroxyl groups excluding tert-OH is 3. The molecule has 10 nitrogen and oxygen atoms in total. The number of nitrogens with zero attached hydrogens (tertiary/aromatic N) is 1. The summed E-state index contributed by atoms with van der Waals surface area (Å²) in [5.74, 6) is -1.27. The molecule has 3 aliphatic rings. The molecular formula is C19H31NO9. The smallest absolute Gasteiger partial charge is 0.410 e. The molecule has 7 unspecified atom stereocenters. The number of carbonyl (C=O) groups excluding carboxylic acids is 1. The van der Waals surface area contributed by atoms with Crippen LogP contribution in [0.25, 0.3) is 0 Å². The maximum atomic E-state index is 12.5. The predicted octanol–water partition coefficient (Wildman–Crippen LogP) is 0.0749. The molecule has 29 heavy (non-hydrogen) atoms. The molecule has 3 rings (SSSR count). The maximum absolute atomic E-state index is 12.5. The number of ether oxygens (including phenoxy) is 3. The molecule has 0 aromatic carbocycles. The van der Waals surface area contributed by atoms with Crippen LogP contribution >= 0.6 is 0 Å². The third-order valence-electron chi connectivity index (χ3n) is 6.11. The highest BCUT2D eigenvalue weighted by Gasteiger charge is 2.44. The molecule has 7 atom stereocenters. The van der Waals surface area contributed by atoms with E-state index in [0.717, 1.165) is 12.8 Å². The van der Waals surface area contributed by atoms with E-state index in [4.69, 9.17) is 19.3 Å². The van der Waals surface area contributed by atoms with Crippen LogP contribution in [0.5, 0.6) is 0 Å². The molecule has 0 aromatic heterocycles. The Bertz CT molecular complexity index is 580. The topological polar surface area (TPSA) is 146 Å². The van der Waals surface area contributed by atoms with Gasteiger partial charge in [-0.1, -0.05) is 6.42 Å². The molecule has 1 saturated carbocycles. The molecule has 3 fully saturated rings. The molecule has 2 aliphatic heterocycles. The quantitative estimate of drug-likeness (QED) is 0.499. The molecule has 0 aromatic rings. The van der Waals surface area contributed by atoms with Crippen molar-refractivity contribution in [2.45, 2.75) is 88.4 Å². The minimum Gasteiger partial charge on any atom is -0.481 e. The van der Waals surface area contributed by atoms with Gasteiger partial charge in [-0.3, -0.25) is 4.79 Å². The van der Waals surface area contributed by atoms with E-state index >= 15 is 0 Å². The number of aliphatic carboxylic acids is 1. The summed E-state index contributed by atoms with van der Waals surface area (Å²) in [5, 5.41) is 39.0. The van der Waals surface area contributed by atoms with Gasteiger partial charge in [0, 0.05) is 13.1 Å². The number of hydrogen-bond donors (Lipinski definition) is 4. The fourth-order valence-corrected chi connectivity index (χ4v) is 4.16. The van der Waals surface area contributed by atoms with Crippen molar-refractivity contribution in [3.8, 4) is 0 Å². The van der Waals surface area contributed by atoms with E-state index in [1.165, 1.54) is 4.90 Å². The van der Waals surface area contributed by atoms with Crippen molar-refractivity contribution in [1.29, 1.82) is 0 Å². The zero-order valence-electron chi connectivity index (χ0n) is 16.6. The van der Waals surface area contributed by atoms with Gasteiger partial charge < -0.3 is 39.5 Å². The molecule has 2 saturated heterocycles. The Labute approximate surface area is 169 Å². The number of piperidine rings is 1. The lowest BCUT2D eigenvalue weighted by atomic mass is 9.94. The number of rotatable bonds is 4. The predicted molar refractivity (Wildman–Crippen MR) is 97.9 cm³/mol. The van der Waals surface area contributed by atoms with Crippen LogP contribution in [0.4, 0.5) is 4.79 Å². The van der Waals surface area contributed by atoms with E-state index in [1.54, 1.807) is 6.92 Å². The Kier molecular flexibility index (Phi) is 7.33. The van der Waals surface area contributed by atoms with E-state index in [9.17, 15) is 24.9 Å². The molecule has 10 heteroatoms. The highest BCUT2D eigenvalue weighted by atomic mass is 16.7. The van der Waals surface area contributed by atoms with Gasteiger partial charge >= 0.3 is 12.1 Å². The summed E-state index contributed by atoms with van der Waals surface area (Å²) in [5.41, 5.74) is 0. The summed E-state index contributed by atoms with van der Waals surface area (Å²) in [6.07, 6.45) is -3.62. The molecule has 0 bridgehead atoms. The minimum absolute atomic E-state index is 0.333. The van der Waals surface area contributed by atoms with Crippen LogP contribution in [-0.4, -0.2) is 93.4 Å². The van der Waals surface area contributed by atoms with Gasteiger partial charge in [0.15, 0.2) is 6.29 Å². The summed E-state index contributed by atoms with van der Waals surface area (Å²) < 4.78 is 17.0. The van der Waals surface area contributed by atoms with Gasteiger partial charge in [0.2, 0.25) is 0 Å². The summed E-state index contributed by atoms with van der Waals surface area (Å²) in [4.78, 5) is 25.1. The molecule has 166 valence electrons. The fourth-order valence-electron chi connectivity index (χ4n) is 4.16. The highest BCUT2D eigenvalue weighted by molar-refractivity contribution is 5.71. The largest absolute Gasteiger partial charge is 0.481 e. The number of amides is 1. The second-order valence-electron chi connectivity index (χ2n) is 8.16. The SMILES string of the molecule is CC1OC(OC2CCCCC2OC(=O)N2CCC(C(=O)O)CC2)C(O)C(O)C1O. The second kappa shape index (κ2) is 9.57. The Hall–Kier alpha value is -1.46. The standard InChI is InChI=1S/C19H31NO9/c1-10-14(21)15(22)16(23)18(27-10)28-12-4-2-3-5-13(12)29-19(26)20-8-6-11(7-9-20)17(24)25/h10-16,18,21-23H,2-9H2,1H3,(H,24,25). The summed E-state index contributed by atoms with van der Waals surface area (Å²) in [6, 6.07) is 0.